The Morgan fingerprint density at radius 2 is 1.81 bits per heavy atom. The molecule has 0 aromatic heterocycles. The molecule has 0 bridgehead atoms. The molecule has 0 amide bonds. The average Bonchev–Trinajstić information content (AvgIpc) is 2.21. The van der Waals surface area contributed by atoms with E-state index in [9.17, 15) is 17.2 Å². The topological polar surface area (TPSA) is 66.4 Å². The number of sulfonamides is 1. The highest BCUT2D eigenvalue weighted by molar-refractivity contribution is 7.88. The second-order valence-electron chi connectivity index (χ2n) is 3.08. The minimum Gasteiger partial charge on any atom is -0.395 e. The lowest BCUT2D eigenvalue weighted by Gasteiger charge is -2.07. The van der Waals surface area contributed by atoms with Crippen molar-refractivity contribution in [3.63, 3.8) is 0 Å². The Morgan fingerprint density at radius 1 is 1.25 bits per heavy atom. The lowest BCUT2D eigenvalue weighted by molar-refractivity contribution is 0.301. The molecule has 0 aliphatic rings. The first-order valence-electron chi connectivity index (χ1n) is 4.47. The molecule has 0 radical (unpaired) electrons. The third kappa shape index (κ3) is 3.51. The highest BCUT2D eigenvalue weighted by atomic mass is 32.2. The maximum Gasteiger partial charge on any atom is 0.216 e. The summed E-state index contributed by atoms with van der Waals surface area (Å²) in [5, 5.41) is 8.43. The standard InChI is InChI=1S/C9H11F2NO3S/c10-8-2-1-3-9(11)7(8)6-16(14,15)12-4-5-13/h1-3,12-13H,4-6H2. The number of hydrogen-bond acceptors (Lipinski definition) is 3. The Kier molecular flexibility index (Phi) is 4.34. The van der Waals surface area contributed by atoms with Gasteiger partial charge in [-0.3, -0.25) is 0 Å². The summed E-state index contributed by atoms with van der Waals surface area (Å²) in [6.45, 7) is -0.558. The third-order valence-electron chi connectivity index (χ3n) is 1.83. The Balaban J connectivity index is 2.88. The minimum atomic E-state index is -3.83. The zero-order valence-electron chi connectivity index (χ0n) is 8.28. The molecular formula is C9H11F2NO3S. The lowest BCUT2D eigenvalue weighted by Crippen LogP contribution is -2.28. The molecule has 2 N–H and O–H groups in total. The highest BCUT2D eigenvalue weighted by Gasteiger charge is 2.17. The van der Waals surface area contributed by atoms with Gasteiger partial charge in [0.25, 0.3) is 0 Å². The van der Waals surface area contributed by atoms with Crippen molar-refractivity contribution in [3.05, 3.63) is 35.4 Å². The molecule has 0 spiro atoms. The van der Waals surface area contributed by atoms with Crippen LogP contribution in [0, 0.1) is 11.6 Å². The van der Waals surface area contributed by atoms with Crippen LogP contribution in [0.1, 0.15) is 5.56 Å². The van der Waals surface area contributed by atoms with Gasteiger partial charge in [0, 0.05) is 12.1 Å². The Labute approximate surface area is 92.0 Å². The minimum absolute atomic E-state index is 0.182. The van der Waals surface area contributed by atoms with Gasteiger partial charge in [0.1, 0.15) is 11.6 Å². The van der Waals surface area contributed by atoms with Gasteiger partial charge >= 0.3 is 0 Å². The van der Waals surface area contributed by atoms with Crippen LogP contribution in [0.2, 0.25) is 0 Å². The molecular weight excluding hydrogens is 240 g/mol. The largest absolute Gasteiger partial charge is 0.395 e. The predicted molar refractivity (Wildman–Crippen MR) is 54.1 cm³/mol. The summed E-state index contributed by atoms with van der Waals surface area (Å²) in [7, 11) is -3.83. The van der Waals surface area contributed by atoms with Gasteiger partial charge in [-0.1, -0.05) is 6.07 Å². The van der Waals surface area contributed by atoms with Crippen LogP contribution in [0.5, 0.6) is 0 Å². The molecule has 7 heteroatoms. The van der Waals surface area contributed by atoms with Crippen LogP contribution in [0.4, 0.5) is 8.78 Å². The number of aliphatic hydroxyl groups is 1. The quantitative estimate of drug-likeness (QED) is 0.795. The molecule has 0 saturated carbocycles. The van der Waals surface area contributed by atoms with Gasteiger partial charge in [0.2, 0.25) is 10.0 Å². The van der Waals surface area contributed by atoms with E-state index in [4.69, 9.17) is 5.11 Å². The zero-order chi connectivity index (χ0) is 12.2. The van der Waals surface area contributed by atoms with E-state index in [1.165, 1.54) is 0 Å². The van der Waals surface area contributed by atoms with E-state index < -0.39 is 33.0 Å². The highest BCUT2D eigenvalue weighted by Crippen LogP contribution is 2.14. The van der Waals surface area contributed by atoms with Crippen molar-refractivity contribution in [2.24, 2.45) is 0 Å². The van der Waals surface area contributed by atoms with Gasteiger partial charge in [-0.05, 0) is 12.1 Å². The first kappa shape index (κ1) is 13.0. The first-order chi connectivity index (χ1) is 7.46. The molecule has 90 valence electrons. The fourth-order valence-electron chi connectivity index (χ4n) is 1.11. The smallest absolute Gasteiger partial charge is 0.216 e. The molecule has 0 heterocycles. The second-order valence-corrected chi connectivity index (χ2v) is 4.88. The number of hydrogen-bond donors (Lipinski definition) is 2. The SMILES string of the molecule is O=S(=O)(Cc1c(F)cccc1F)NCCO. The van der Waals surface area contributed by atoms with E-state index in [0.717, 1.165) is 18.2 Å². The summed E-state index contributed by atoms with van der Waals surface area (Å²) in [5.74, 6) is -2.60. The summed E-state index contributed by atoms with van der Waals surface area (Å²) < 4.78 is 50.9. The van der Waals surface area contributed by atoms with Crippen molar-refractivity contribution >= 4 is 10.0 Å². The van der Waals surface area contributed by atoms with E-state index in [-0.39, 0.29) is 13.2 Å². The van der Waals surface area contributed by atoms with Crippen molar-refractivity contribution in [2.45, 2.75) is 5.75 Å². The van der Waals surface area contributed by atoms with E-state index in [1.807, 2.05) is 4.72 Å². The molecule has 0 saturated heterocycles. The van der Waals surface area contributed by atoms with E-state index in [0.29, 0.717) is 0 Å². The van der Waals surface area contributed by atoms with Gasteiger partial charge in [-0.15, -0.1) is 0 Å². The zero-order valence-corrected chi connectivity index (χ0v) is 9.10. The van der Waals surface area contributed by atoms with E-state index in [2.05, 4.69) is 0 Å². The van der Waals surface area contributed by atoms with Crippen molar-refractivity contribution in [3.8, 4) is 0 Å². The summed E-state index contributed by atoms with van der Waals surface area (Å²) in [6.07, 6.45) is 0. The molecule has 1 aromatic rings. The van der Waals surface area contributed by atoms with Crippen molar-refractivity contribution in [1.82, 2.24) is 4.72 Å². The molecule has 0 unspecified atom stereocenters. The summed E-state index contributed by atoms with van der Waals surface area (Å²) >= 11 is 0. The van der Waals surface area contributed by atoms with Crippen LogP contribution >= 0.6 is 0 Å². The van der Waals surface area contributed by atoms with Crippen LogP contribution in [0.15, 0.2) is 18.2 Å². The predicted octanol–water partition coefficient (Wildman–Crippen LogP) is 0.377. The molecule has 0 fully saturated rings. The number of benzene rings is 1. The Morgan fingerprint density at radius 3 is 2.31 bits per heavy atom. The van der Waals surface area contributed by atoms with Crippen molar-refractivity contribution < 1.29 is 22.3 Å². The number of aliphatic hydroxyl groups excluding tert-OH is 1. The van der Waals surface area contributed by atoms with E-state index in [1.54, 1.807) is 0 Å². The second kappa shape index (κ2) is 5.33. The summed E-state index contributed by atoms with van der Waals surface area (Å²) in [6, 6.07) is 3.13. The lowest BCUT2D eigenvalue weighted by atomic mass is 10.2. The van der Waals surface area contributed by atoms with Crippen LogP contribution in [0.25, 0.3) is 0 Å². The maximum atomic E-state index is 13.1. The number of nitrogens with one attached hydrogen (secondary N) is 1. The van der Waals surface area contributed by atoms with Crippen LogP contribution < -0.4 is 4.72 Å². The molecule has 0 aliphatic carbocycles. The van der Waals surface area contributed by atoms with Gasteiger partial charge in [0.15, 0.2) is 0 Å². The molecule has 1 aromatic carbocycles. The first-order valence-corrected chi connectivity index (χ1v) is 6.12. The van der Waals surface area contributed by atoms with Crippen molar-refractivity contribution in [2.75, 3.05) is 13.2 Å². The molecule has 0 atom stereocenters. The summed E-state index contributed by atoms with van der Waals surface area (Å²) in [4.78, 5) is 0. The van der Waals surface area contributed by atoms with Crippen LogP contribution in [0.3, 0.4) is 0 Å². The van der Waals surface area contributed by atoms with Gasteiger partial charge < -0.3 is 5.11 Å². The maximum absolute atomic E-state index is 13.1. The average molecular weight is 251 g/mol. The number of halogens is 2. The molecule has 16 heavy (non-hydrogen) atoms. The Bertz CT molecular complexity index is 442. The van der Waals surface area contributed by atoms with Crippen molar-refractivity contribution in [1.29, 1.82) is 0 Å². The molecule has 4 nitrogen and oxygen atoms in total. The van der Waals surface area contributed by atoms with Gasteiger partial charge in [-0.2, -0.15) is 0 Å². The fraction of sp³-hybridized carbons (Fsp3) is 0.333. The number of rotatable bonds is 5. The van der Waals surface area contributed by atoms with Gasteiger partial charge in [0.05, 0.1) is 12.4 Å². The monoisotopic (exact) mass is 251 g/mol. The fourth-order valence-corrected chi connectivity index (χ4v) is 2.27. The van der Waals surface area contributed by atoms with Gasteiger partial charge in [-0.25, -0.2) is 21.9 Å². The van der Waals surface area contributed by atoms with Crippen LogP contribution in [-0.2, 0) is 15.8 Å². The third-order valence-corrected chi connectivity index (χ3v) is 3.14. The summed E-state index contributed by atoms with van der Waals surface area (Å²) in [5.41, 5.74) is -0.507. The van der Waals surface area contributed by atoms with E-state index >= 15 is 0 Å². The Hall–Kier alpha value is -1.05. The normalized spacial score (nSPS) is 11.7. The molecule has 0 aliphatic heterocycles. The molecule has 1 rings (SSSR count). The van der Waals surface area contributed by atoms with Crippen LogP contribution in [-0.4, -0.2) is 26.7 Å².